The van der Waals surface area contributed by atoms with Crippen LogP contribution in [-0.2, 0) is 11.1 Å². The van der Waals surface area contributed by atoms with Crippen LogP contribution in [0.2, 0.25) is 0 Å². The zero-order chi connectivity index (χ0) is 15.5. The number of amides is 1. The summed E-state index contributed by atoms with van der Waals surface area (Å²) < 4.78 is 10.3. The number of benzene rings is 2. The molecule has 0 unspecified atom stereocenters. The number of anilines is 1. The number of carbonyl (C=O) groups is 1. The monoisotopic (exact) mass is 297 g/mol. The predicted molar refractivity (Wildman–Crippen MR) is 84.7 cm³/mol. The van der Waals surface area contributed by atoms with Crippen LogP contribution in [0.1, 0.15) is 15.9 Å². The molecule has 5 nitrogen and oxygen atoms in total. The van der Waals surface area contributed by atoms with Crippen LogP contribution in [0.25, 0.3) is 0 Å². The summed E-state index contributed by atoms with van der Waals surface area (Å²) in [5.41, 5.74) is 2.87. The average Bonchev–Trinajstić information content (AvgIpc) is 2.55. The maximum atomic E-state index is 12.3. The zero-order valence-electron chi connectivity index (χ0n) is 12.2. The van der Waals surface area contributed by atoms with Crippen molar-refractivity contribution in [3.63, 3.8) is 0 Å². The number of nitrogens with one attached hydrogen (secondary N) is 1. The summed E-state index contributed by atoms with van der Waals surface area (Å²) in [6.07, 6.45) is 0.760. The molecule has 1 aliphatic heterocycles. The van der Waals surface area contributed by atoms with Gasteiger partial charge in [0.15, 0.2) is 0 Å². The molecule has 3 rings (SSSR count). The molecule has 2 aromatic rings. The van der Waals surface area contributed by atoms with Crippen LogP contribution in [0.3, 0.4) is 0 Å². The Kier molecular flexibility index (Phi) is 4.13. The summed E-state index contributed by atoms with van der Waals surface area (Å²) in [7, 11) is 0.624. The number of ether oxygens (including phenoxy) is 1. The second-order valence-electron chi connectivity index (χ2n) is 5.07. The van der Waals surface area contributed by atoms with Gasteiger partial charge < -0.3 is 19.7 Å². The van der Waals surface area contributed by atoms with Crippen molar-refractivity contribution < 1.29 is 19.2 Å². The standard InChI is InChI=1S/C16H16BNO4/c1-21-14-4-2-3-12(9-14)16(19)18-13-6-5-11-7-8-22-17(20)15(11)10-13/h2-6,9-10,20H,7-8H2,1H3,(H,18,19). The van der Waals surface area contributed by atoms with E-state index in [0.29, 0.717) is 29.1 Å². The van der Waals surface area contributed by atoms with E-state index in [2.05, 4.69) is 5.32 Å². The number of rotatable bonds is 3. The predicted octanol–water partition coefficient (Wildman–Crippen LogP) is 1.21. The Bertz CT molecular complexity index is 704. The zero-order valence-corrected chi connectivity index (χ0v) is 12.2. The molecule has 2 aromatic carbocycles. The Labute approximate surface area is 129 Å². The van der Waals surface area contributed by atoms with Gasteiger partial charge in [-0.2, -0.15) is 0 Å². The highest BCUT2D eigenvalue weighted by Gasteiger charge is 2.25. The van der Waals surface area contributed by atoms with Crippen LogP contribution in [0, 0.1) is 0 Å². The molecule has 0 aliphatic carbocycles. The molecule has 0 saturated carbocycles. The van der Waals surface area contributed by atoms with Crippen LogP contribution in [-0.4, -0.2) is 31.8 Å². The van der Waals surface area contributed by atoms with Gasteiger partial charge >= 0.3 is 7.12 Å². The van der Waals surface area contributed by atoms with Gasteiger partial charge in [0.25, 0.3) is 5.91 Å². The second kappa shape index (κ2) is 6.21. The highest BCUT2D eigenvalue weighted by Crippen LogP contribution is 2.16. The van der Waals surface area contributed by atoms with Crippen LogP contribution < -0.4 is 15.5 Å². The van der Waals surface area contributed by atoms with Crippen molar-refractivity contribution in [2.24, 2.45) is 0 Å². The Balaban J connectivity index is 1.80. The van der Waals surface area contributed by atoms with Crippen LogP contribution >= 0.6 is 0 Å². The largest absolute Gasteiger partial charge is 0.497 e. The van der Waals surface area contributed by atoms with Gasteiger partial charge in [0.05, 0.1) is 7.11 Å². The van der Waals surface area contributed by atoms with E-state index in [4.69, 9.17) is 9.39 Å². The Morgan fingerprint density at radius 2 is 2.18 bits per heavy atom. The minimum absolute atomic E-state index is 0.231. The molecule has 1 amide bonds. The van der Waals surface area contributed by atoms with E-state index in [0.717, 1.165) is 12.0 Å². The topological polar surface area (TPSA) is 67.8 Å². The number of carbonyl (C=O) groups excluding carboxylic acids is 1. The number of hydrogen-bond acceptors (Lipinski definition) is 4. The SMILES string of the molecule is COc1cccc(C(=O)Nc2ccc3c(c2)B(O)OCC3)c1. The smallest absolute Gasteiger partial charge is 0.491 e. The van der Waals surface area contributed by atoms with E-state index in [-0.39, 0.29) is 5.91 Å². The summed E-state index contributed by atoms with van der Waals surface area (Å²) in [5.74, 6) is 0.395. The van der Waals surface area contributed by atoms with Crippen molar-refractivity contribution in [1.82, 2.24) is 0 Å². The lowest BCUT2D eigenvalue weighted by molar-refractivity contribution is 0.102. The first-order valence-electron chi connectivity index (χ1n) is 7.05. The maximum absolute atomic E-state index is 12.3. The average molecular weight is 297 g/mol. The number of fused-ring (bicyclic) bond motifs is 1. The molecule has 22 heavy (non-hydrogen) atoms. The molecular weight excluding hydrogens is 281 g/mol. The van der Waals surface area contributed by atoms with Gasteiger partial charge in [0.1, 0.15) is 5.75 Å². The molecule has 1 aliphatic rings. The third kappa shape index (κ3) is 2.98. The third-order valence-electron chi connectivity index (χ3n) is 3.65. The van der Waals surface area contributed by atoms with Crippen LogP contribution in [0.15, 0.2) is 42.5 Å². The molecule has 0 radical (unpaired) electrons. The molecular formula is C16H16BNO4. The molecule has 0 aromatic heterocycles. The Morgan fingerprint density at radius 3 is 3.00 bits per heavy atom. The highest BCUT2D eigenvalue weighted by atomic mass is 16.5. The first kappa shape index (κ1) is 14.6. The van der Waals surface area contributed by atoms with Crippen molar-refractivity contribution in [1.29, 1.82) is 0 Å². The quantitative estimate of drug-likeness (QED) is 0.836. The minimum atomic E-state index is -0.933. The van der Waals surface area contributed by atoms with E-state index < -0.39 is 7.12 Å². The van der Waals surface area contributed by atoms with E-state index in [1.54, 1.807) is 37.4 Å². The summed E-state index contributed by atoms with van der Waals surface area (Å²) in [4.78, 5) is 12.3. The van der Waals surface area contributed by atoms with Gasteiger partial charge in [-0.3, -0.25) is 4.79 Å². The van der Waals surface area contributed by atoms with E-state index in [1.807, 2.05) is 12.1 Å². The first-order chi connectivity index (χ1) is 10.7. The van der Waals surface area contributed by atoms with Gasteiger partial charge in [0.2, 0.25) is 0 Å². The molecule has 0 saturated heterocycles. The van der Waals surface area contributed by atoms with Gasteiger partial charge in [-0.25, -0.2) is 0 Å². The van der Waals surface area contributed by atoms with Gasteiger partial charge in [-0.15, -0.1) is 0 Å². The van der Waals surface area contributed by atoms with Crippen molar-refractivity contribution in [2.45, 2.75) is 6.42 Å². The second-order valence-corrected chi connectivity index (χ2v) is 5.07. The first-order valence-corrected chi connectivity index (χ1v) is 7.05. The Hall–Kier alpha value is -2.31. The molecule has 0 spiro atoms. The lowest BCUT2D eigenvalue weighted by Gasteiger charge is -2.19. The van der Waals surface area contributed by atoms with E-state index in [9.17, 15) is 9.82 Å². The number of methoxy groups -OCH3 is 1. The third-order valence-corrected chi connectivity index (χ3v) is 3.65. The van der Waals surface area contributed by atoms with Crippen LogP contribution in [0.4, 0.5) is 5.69 Å². The van der Waals surface area contributed by atoms with Gasteiger partial charge in [-0.1, -0.05) is 12.1 Å². The lowest BCUT2D eigenvalue weighted by Crippen LogP contribution is -2.41. The fourth-order valence-electron chi connectivity index (χ4n) is 2.47. The molecule has 0 bridgehead atoms. The fourth-order valence-corrected chi connectivity index (χ4v) is 2.47. The van der Waals surface area contributed by atoms with Crippen molar-refractivity contribution in [3.05, 3.63) is 53.6 Å². The van der Waals surface area contributed by atoms with Crippen molar-refractivity contribution in [2.75, 3.05) is 19.0 Å². The van der Waals surface area contributed by atoms with E-state index >= 15 is 0 Å². The van der Waals surface area contributed by atoms with Gasteiger partial charge in [0, 0.05) is 17.9 Å². The number of hydrogen-bond donors (Lipinski definition) is 2. The normalized spacial score (nSPS) is 13.5. The van der Waals surface area contributed by atoms with Crippen molar-refractivity contribution in [3.8, 4) is 5.75 Å². The fraction of sp³-hybridized carbons (Fsp3) is 0.188. The molecule has 0 atom stereocenters. The molecule has 2 N–H and O–H groups in total. The summed E-state index contributed by atoms with van der Waals surface area (Å²) in [6, 6.07) is 12.4. The highest BCUT2D eigenvalue weighted by molar-refractivity contribution is 6.61. The lowest BCUT2D eigenvalue weighted by atomic mass is 9.73. The van der Waals surface area contributed by atoms with Crippen LogP contribution in [0.5, 0.6) is 5.75 Å². The summed E-state index contributed by atoms with van der Waals surface area (Å²) in [5, 5.41) is 12.7. The molecule has 112 valence electrons. The van der Waals surface area contributed by atoms with Gasteiger partial charge in [-0.05, 0) is 47.8 Å². The minimum Gasteiger partial charge on any atom is -0.497 e. The molecule has 0 fully saturated rings. The Morgan fingerprint density at radius 1 is 1.32 bits per heavy atom. The summed E-state index contributed by atoms with van der Waals surface area (Å²) in [6.45, 7) is 0.504. The molecule has 1 heterocycles. The van der Waals surface area contributed by atoms with Crippen molar-refractivity contribution >= 4 is 24.2 Å². The summed E-state index contributed by atoms with van der Waals surface area (Å²) >= 11 is 0. The maximum Gasteiger partial charge on any atom is 0.491 e. The van der Waals surface area contributed by atoms with E-state index in [1.165, 1.54) is 0 Å². The molecule has 6 heteroatoms.